The maximum atomic E-state index is 12.9. The Balaban J connectivity index is 1.91. The van der Waals surface area contributed by atoms with Crippen molar-refractivity contribution in [2.24, 2.45) is 10.2 Å². The van der Waals surface area contributed by atoms with Gasteiger partial charge < -0.3 is 10.4 Å². The Hall–Kier alpha value is -4.08. The van der Waals surface area contributed by atoms with Gasteiger partial charge in [0.15, 0.2) is 5.75 Å². The zero-order valence-corrected chi connectivity index (χ0v) is 21.0. The van der Waals surface area contributed by atoms with Crippen molar-refractivity contribution >= 4 is 43.9 Å². The van der Waals surface area contributed by atoms with Crippen LogP contribution in [0.1, 0.15) is 32.6 Å². The van der Waals surface area contributed by atoms with E-state index in [-0.39, 0.29) is 11.1 Å². The normalized spacial score (nSPS) is 11.8. The number of rotatable bonds is 5. The Kier molecular flexibility index (Phi) is 6.62. The molecule has 0 aromatic heterocycles. The molecule has 0 bridgehead atoms. The first kappa shape index (κ1) is 25.0. The lowest BCUT2D eigenvalue weighted by molar-refractivity contribution is 0.102. The average Bonchev–Trinajstić information content (AvgIpc) is 2.79. The predicted molar refractivity (Wildman–Crippen MR) is 139 cm³/mol. The Morgan fingerprint density at radius 3 is 2.17 bits per heavy atom. The van der Waals surface area contributed by atoms with Gasteiger partial charge in [-0.15, -0.1) is 5.11 Å². The topological polar surface area (TPSA) is 128 Å². The lowest BCUT2D eigenvalue weighted by atomic mass is 10.0. The van der Waals surface area contributed by atoms with Crippen LogP contribution in [0.4, 0.5) is 17.1 Å². The van der Waals surface area contributed by atoms with E-state index in [2.05, 4.69) is 15.5 Å². The molecule has 0 spiro atoms. The van der Waals surface area contributed by atoms with Crippen LogP contribution in [-0.4, -0.2) is 24.0 Å². The number of amides is 1. The molecule has 8 nitrogen and oxygen atoms in total. The quantitative estimate of drug-likeness (QED) is 0.206. The number of phenols is 1. The summed E-state index contributed by atoms with van der Waals surface area (Å²) in [5.41, 5.74) is 4.14. The number of hydrogen-bond acceptors (Lipinski definition) is 6. The van der Waals surface area contributed by atoms with Gasteiger partial charge in [0.1, 0.15) is 10.6 Å². The van der Waals surface area contributed by atoms with Crippen molar-refractivity contribution in [3.63, 3.8) is 0 Å². The summed E-state index contributed by atoms with van der Waals surface area (Å²) in [6, 6.07) is 17.0. The fourth-order valence-electron chi connectivity index (χ4n) is 3.86. The maximum absolute atomic E-state index is 12.9. The number of anilines is 1. The molecule has 0 saturated heterocycles. The van der Waals surface area contributed by atoms with E-state index < -0.39 is 32.4 Å². The van der Waals surface area contributed by atoms with Gasteiger partial charge in [0.05, 0.1) is 11.4 Å². The van der Waals surface area contributed by atoms with Crippen molar-refractivity contribution in [3.8, 4) is 5.75 Å². The van der Waals surface area contributed by atoms with Gasteiger partial charge in [0, 0.05) is 10.9 Å². The number of carbonyl (C=O) groups excluding carboxylic acids is 1. The fraction of sp³-hybridized carbons (Fsp3) is 0.148. The van der Waals surface area contributed by atoms with E-state index in [1.54, 1.807) is 37.3 Å². The maximum Gasteiger partial charge on any atom is 0.296 e. The van der Waals surface area contributed by atoms with Crippen LogP contribution in [0.3, 0.4) is 0 Å². The fourth-order valence-corrected chi connectivity index (χ4v) is 4.52. The van der Waals surface area contributed by atoms with Crippen LogP contribution in [0.2, 0.25) is 0 Å². The summed E-state index contributed by atoms with van der Waals surface area (Å²) >= 11 is 0. The molecule has 3 N–H and O–H groups in total. The minimum absolute atomic E-state index is 0.170. The summed E-state index contributed by atoms with van der Waals surface area (Å²) in [5.74, 6) is -0.938. The molecule has 1 amide bonds. The van der Waals surface area contributed by atoms with Crippen LogP contribution in [-0.2, 0) is 10.1 Å². The minimum Gasteiger partial charge on any atom is -0.505 e. The molecule has 0 aliphatic heterocycles. The summed E-state index contributed by atoms with van der Waals surface area (Å²) in [6.45, 7) is 7.37. The van der Waals surface area contributed by atoms with Crippen LogP contribution < -0.4 is 5.32 Å². The van der Waals surface area contributed by atoms with Gasteiger partial charge in [-0.2, -0.15) is 13.5 Å². The molecule has 0 atom stereocenters. The number of benzene rings is 4. The molecule has 0 saturated carbocycles. The van der Waals surface area contributed by atoms with Crippen molar-refractivity contribution in [2.75, 3.05) is 5.32 Å². The molecule has 0 heterocycles. The molecule has 9 heteroatoms. The first-order chi connectivity index (χ1) is 16.9. The lowest BCUT2D eigenvalue weighted by Crippen LogP contribution is -2.12. The van der Waals surface area contributed by atoms with Gasteiger partial charge in [0.25, 0.3) is 16.0 Å². The summed E-state index contributed by atoms with van der Waals surface area (Å²) in [7, 11) is -4.77. The van der Waals surface area contributed by atoms with Crippen molar-refractivity contribution in [1.82, 2.24) is 0 Å². The zero-order chi connectivity index (χ0) is 26.2. The van der Waals surface area contributed by atoms with E-state index in [0.29, 0.717) is 22.2 Å². The van der Waals surface area contributed by atoms with Gasteiger partial charge in [-0.1, -0.05) is 35.9 Å². The predicted octanol–water partition coefficient (Wildman–Crippen LogP) is 6.69. The van der Waals surface area contributed by atoms with Crippen molar-refractivity contribution < 1.29 is 22.9 Å². The van der Waals surface area contributed by atoms with Gasteiger partial charge in [0.2, 0.25) is 0 Å². The highest BCUT2D eigenvalue weighted by atomic mass is 32.2. The Morgan fingerprint density at radius 1 is 0.833 bits per heavy atom. The first-order valence-electron chi connectivity index (χ1n) is 11.1. The third kappa shape index (κ3) is 5.12. The van der Waals surface area contributed by atoms with E-state index in [1.165, 1.54) is 6.07 Å². The third-order valence-electron chi connectivity index (χ3n) is 5.76. The molecule has 36 heavy (non-hydrogen) atoms. The van der Waals surface area contributed by atoms with E-state index in [9.17, 15) is 22.9 Å². The number of nitrogens with one attached hydrogen (secondary N) is 1. The highest BCUT2D eigenvalue weighted by Gasteiger charge is 2.24. The minimum atomic E-state index is -4.77. The smallest absolute Gasteiger partial charge is 0.296 e. The van der Waals surface area contributed by atoms with Crippen molar-refractivity contribution in [3.05, 3.63) is 88.5 Å². The molecular weight excluding hydrogens is 478 g/mol. The Bertz CT molecular complexity index is 1640. The number of azo groups is 1. The largest absolute Gasteiger partial charge is 0.505 e. The van der Waals surface area contributed by atoms with Crippen LogP contribution in [0.25, 0.3) is 10.8 Å². The van der Waals surface area contributed by atoms with E-state index in [0.717, 1.165) is 16.7 Å². The van der Waals surface area contributed by atoms with Gasteiger partial charge >= 0.3 is 0 Å². The van der Waals surface area contributed by atoms with E-state index >= 15 is 0 Å². The average molecular weight is 504 g/mol. The summed E-state index contributed by atoms with van der Waals surface area (Å²) in [4.78, 5) is 12.3. The molecule has 0 aliphatic carbocycles. The van der Waals surface area contributed by atoms with E-state index in [1.807, 2.05) is 45.0 Å². The SMILES string of the molecule is Cc1ccc(C(=O)Nc2cc(C)cc3cc(S(=O)(=O)O)c(N=Nc4cc(C)ccc4C)c(O)c23)cc1. The second kappa shape index (κ2) is 9.52. The lowest BCUT2D eigenvalue weighted by Gasteiger charge is -2.15. The van der Waals surface area contributed by atoms with Crippen LogP contribution in [0.5, 0.6) is 5.75 Å². The number of nitrogens with zero attached hydrogens (tertiary/aromatic N) is 2. The highest BCUT2D eigenvalue weighted by Crippen LogP contribution is 2.45. The molecule has 0 aliphatic rings. The molecule has 4 rings (SSSR count). The molecule has 184 valence electrons. The summed E-state index contributed by atoms with van der Waals surface area (Å²) < 4.78 is 34.3. The number of aromatic hydroxyl groups is 1. The molecule has 4 aromatic rings. The number of fused-ring (bicyclic) bond motifs is 1. The number of carbonyl (C=O) groups is 1. The monoisotopic (exact) mass is 503 g/mol. The van der Waals surface area contributed by atoms with Crippen LogP contribution in [0, 0.1) is 27.7 Å². The number of phenolic OH excluding ortho intramolecular Hbond substituents is 1. The Labute approximate surface area is 209 Å². The zero-order valence-electron chi connectivity index (χ0n) is 20.2. The molecular formula is C27H25N3O5S. The van der Waals surface area contributed by atoms with Crippen molar-refractivity contribution in [1.29, 1.82) is 0 Å². The first-order valence-corrected chi connectivity index (χ1v) is 12.5. The van der Waals surface area contributed by atoms with E-state index in [4.69, 9.17) is 0 Å². The summed E-state index contributed by atoms with van der Waals surface area (Å²) in [6.07, 6.45) is 0. The molecule has 0 radical (unpaired) electrons. The van der Waals surface area contributed by atoms with Crippen molar-refractivity contribution in [2.45, 2.75) is 32.6 Å². The molecule has 0 unspecified atom stereocenters. The molecule has 4 aromatic carbocycles. The van der Waals surface area contributed by atoms with Gasteiger partial charge in [-0.05, 0) is 80.1 Å². The summed E-state index contributed by atoms with van der Waals surface area (Å²) in [5, 5.41) is 22.6. The second-order valence-electron chi connectivity index (χ2n) is 8.77. The van der Waals surface area contributed by atoms with Crippen LogP contribution >= 0.6 is 0 Å². The second-order valence-corrected chi connectivity index (χ2v) is 10.2. The highest BCUT2D eigenvalue weighted by molar-refractivity contribution is 7.86. The number of aryl methyl sites for hydroxylation is 4. The van der Waals surface area contributed by atoms with Crippen LogP contribution in [0.15, 0.2) is 75.8 Å². The third-order valence-corrected chi connectivity index (χ3v) is 6.62. The standard InChI is InChI=1S/C27H25N3O5S/c1-15-6-9-19(10-7-15)27(32)28-22-13-17(3)11-20-14-23(36(33,34)35)25(26(31)24(20)22)30-29-21-12-16(2)5-8-18(21)4/h5-14,31H,1-4H3,(H,28,32)(H,33,34,35). The van der Waals surface area contributed by atoms with Gasteiger partial charge in [-0.25, -0.2) is 0 Å². The molecule has 0 fully saturated rings. The Morgan fingerprint density at radius 2 is 1.50 bits per heavy atom. The number of hydrogen-bond donors (Lipinski definition) is 3. The van der Waals surface area contributed by atoms with Gasteiger partial charge in [-0.3, -0.25) is 9.35 Å².